The van der Waals surface area contributed by atoms with E-state index in [4.69, 9.17) is 14.2 Å². The lowest BCUT2D eigenvalue weighted by Gasteiger charge is -2.36. The van der Waals surface area contributed by atoms with Gasteiger partial charge >= 0.3 is 0 Å². The summed E-state index contributed by atoms with van der Waals surface area (Å²) in [5.41, 5.74) is 2.62. The predicted octanol–water partition coefficient (Wildman–Crippen LogP) is 2.76. The van der Waals surface area contributed by atoms with E-state index in [0.29, 0.717) is 23.7 Å². The van der Waals surface area contributed by atoms with Crippen LogP contribution in [-0.2, 0) is 0 Å². The molecule has 1 unspecified atom stereocenters. The fraction of sp³-hybridized carbons (Fsp3) is 0.440. The van der Waals surface area contributed by atoms with Gasteiger partial charge in [0, 0.05) is 37.8 Å². The van der Waals surface area contributed by atoms with Gasteiger partial charge < -0.3 is 29.3 Å². The van der Waals surface area contributed by atoms with Crippen LogP contribution in [-0.4, -0.2) is 74.5 Å². The van der Waals surface area contributed by atoms with Crippen molar-refractivity contribution in [3.63, 3.8) is 0 Å². The molecule has 4 rings (SSSR count). The number of aliphatic hydroxyl groups excluding tert-OH is 2. The predicted molar refractivity (Wildman–Crippen MR) is 125 cm³/mol. The third-order valence-electron chi connectivity index (χ3n) is 6.00. The van der Waals surface area contributed by atoms with Crippen molar-refractivity contribution in [3.05, 3.63) is 54.1 Å². The van der Waals surface area contributed by atoms with Crippen molar-refractivity contribution in [3.8, 4) is 17.2 Å². The molecule has 2 aliphatic heterocycles. The van der Waals surface area contributed by atoms with Gasteiger partial charge in [0.15, 0.2) is 0 Å². The fourth-order valence-electron chi connectivity index (χ4n) is 4.25. The number of hydrogen-bond acceptors (Lipinski definition) is 7. The first-order valence-electron chi connectivity index (χ1n) is 11.2. The van der Waals surface area contributed by atoms with Crippen LogP contribution < -0.4 is 19.1 Å². The van der Waals surface area contributed by atoms with E-state index in [0.717, 1.165) is 56.9 Å². The molecular formula is C25H32N2O5. The van der Waals surface area contributed by atoms with Crippen LogP contribution in [0.1, 0.15) is 18.4 Å². The van der Waals surface area contributed by atoms with Gasteiger partial charge in [-0.3, -0.25) is 4.90 Å². The van der Waals surface area contributed by atoms with E-state index in [1.54, 1.807) is 13.2 Å². The zero-order valence-electron chi connectivity index (χ0n) is 18.6. The lowest BCUT2D eigenvalue weighted by Crippen LogP contribution is -2.46. The maximum atomic E-state index is 9.76. The average molecular weight is 441 g/mol. The number of benzene rings is 2. The van der Waals surface area contributed by atoms with E-state index < -0.39 is 6.29 Å². The van der Waals surface area contributed by atoms with E-state index in [2.05, 4.69) is 21.9 Å². The van der Waals surface area contributed by atoms with Crippen LogP contribution in [0.5, 0.6) is 17.2 Å². The number of nitrogens with zero attached hydrogens (tertiary/aromatic N) is 2. The lowest BCUT2D eigenvalue weighted by molar-refractivity contribution is 0.0218. The number of hydrogen-bond donors (Lipinski definition) is 2. The normalized spacial score (nSPS) is 18.5. The molecule has 32 heavy (non-hydrogen) atoms. The summed E-state index contributed by atoms with van der Waals surface area (Å²) in [5.74, 6) is 2.18. The Morgan fingerprint density at radius 1 is 1.06 bits per heavy atom. The summed E-state index contributed by atoms with van der Waals surface area (Å²) < 4.78 is 16.8. The Labute approximate surface area is 189 Å². The number of methoxy groups -OCH3 is 1. The van der Waals surface area contributed by atoms with Gasteiger partial charge in [0.1, 0.15) is 17.2 Å². The van der Waals surface area contributed by atoms with Crippen molar-refractivity contribution in [1.29, 1.82) is 0 Å². The Morgan fingerprint density at radius 3 is 2.66 bits per heavy atom. The molecule has 2 aliphatic rings. The number of piperazine rings is 1. The number of unbranched alkanes of at least 4 members (excludes halogenated alkanes) is 1. The molecule has 2 heterocycles. The van der Waals surface area contributed by atoms with Gasteiger partial charge in [-0.2, -0.15) is 0 Å². The third-order valence-corrected chi connectivity index (χ3v) is 6.00. The fourth-order valence-corrected chi connectivity index (χ4v) is 4.25. The Bertz CT molecular complexity index is 924. The van der Waals surface area contributed by atoms with E-state index in [9.17, 15) is 10.2 Å². The van der Waals surface area contributed by atoms with Gasteiger partial charge in [0.25, 0.3) is 0 Å². The number of aliphatic hydroxyl groups is 2. The van der Waals surface area contributed by atoms with Gasteiger partial charge in [-0.05, 0) is 55.3 Å². The molecule has 7 heteroatoms. The molecule has 0 radical (unpaired) electrons. The molecule has 172 valence electrons. The van der Waals surface area contributed by atoms with Gasteiger partial charge in [-0.25, -0.2) is 0 Å². The summed E-state index contributed by atoms with van der Waals surface area (Å²) in [6, 6.07) is 13.7. The lowest BCUT2D eigenvalue weighted by atomic mass is 10.0. The summed E-state index contributed by atoms with van der Waals surface area (Å²) in [6.07, 6.45) is 2.52. The number of para-hydroxylation sites is 2. The van der Waals surface area contributed by atoms with E-state index in [1.165, 1.54) is 11.8 Å². The SMILES string of the molecule is COc1ccccc1N1CCN(CCCCOc2ccc3c(c2)OC(O)C=C3CO)CC1. The molecule has 0 aliphatic carbocycles. The number of rotatable bonds is 9. The summed E-state index contributed by atoms with van der Waals surface area (Å²) in [6.45, 7) is 5.65. The third kappa shape index (κ3) is 5.35. The average Bonchev–Trinajstić information content (AvgIpc) is 2.83. The topological polar surface area (TPSA) is 74.6 Å². The van der Waals surface area contributed by atoms with Crippen molar-refractivity contribution >= 4 is 11.3 Å². The van der Waals surface area contributed by atoms with Crippen LogP contribution in [0.15, 0.2) is 48.5 Å². The zero-order valence-corrected chi connectivity index (χ0v) is 18.6. The van der Waals surface area contributed by atoms with Crippen LogP contribution >= 0.6 is 0 Å². The van der Waals surface area contributed by atoms with Crippen LogP contribution in [0.3, 0.4) is 0 Å². The van der Waals surface area contributed by atoms with Crippen LogP contribution in [0.2, 0.25) is 0 Å². The second-order valence-corrected chi connectivity index (χ2v) is 8.07. The molecule has 1 fully saturated rings. The molecule has 0 amide bonds. The highest BCUT2D eigenvalue weighted by Crippen LogP contribution is 2.34. The quantitative estimate of drug-likeness (QED) is 0.581. The van der Waals surface area contributed by atoms with Crippen LogP contribution in [0.4, 0.5) is 5.69 Å². The highest BCUT2D eigenvalue weighted by Gasteiger charge is 2.20. The first-order chi connectivity index (χ1) is 15.7. The van der Waals surface area contributed by atoms with Crippen LogP contribution in [0, 0.1) is 0 Å². The largest absolute Gasteiger partial charge is 0.495 e. The Morgan fingerprint density at radius 2 is 1.88 bits per heavy atom. The number of fused-ring (bicyclic) bond motifs is 1. The molecule has 0 aromatic heterocycles. The molecule has 2 aromatic carbocycles. The molecule has 2 N–H and O–H groups in total. The van der Waals surface area contributed by atoms with E-state index >= 15 is 0 Å². The van der Waals surface area contributed by atoms with Crippen molar-refractivity contribution in [2.24, 2.45) is 0 Å². The Balaban J connectivity index is 1.17. The number of anilines is 1. The first kappa shape index (κ1) is 22.5. The van der Waals surface area contributed by atoms with Crippen molar-refractivity contribution < 1.29 is 24.4 Å². The standard InChI is InChI=1S/C25H32N2O5/c1-30-23-7-3-2-6-22(23)27-13-11-26(12-14-27)10-4-5-15-31-20-8-9-21-19(18-28)16-25(29)32-24(21)17-20/h2-3,6-9,16-17,25,28-29H,4-5,10-15,18H2,1H3. The molecule has 1 atom stereocenters. The van der Waals surface area contributed by atoms with Gasteiger partial charge in [-0.15, -0.1) is 0 Å². The van der Waals surface area contributed by atoms with E-state index in [-0.39, 0.29) is 6.61 Å². The molecule has 0 bridgehead atoms. The molecule has 1 saturated heterocycles. The zero-order chi connectivity index (χ0) is 22.3. The summed E-state index contributed by atoms with van der Waals surface area (Å²) in [4.78, 5) is 4.90. The van der Waals surface area contributed by atoms with Crippen molar-refractivity contribution in [2.45, 2.75) is 19.1 Å². The van der Waals surface area contributed by atoms with Gasteiger partial charge in [0.05, 0.1) is 26.0 Å². The monoisotopic (exact) mass is 440 g/mol. The van der Waals surface area contributed by atoms with Crippen molar-refractivity contribution in [1.82, 2.24) is 4.90 Å². The van der Waals surface area contributed by atoms with Gasteiger partial charge in [-0.1, -0.05) is 12.1 Å². The molecule has 7 nitrogen and oxygen atoms in total. The second kappa shape index (κ2) is 10.7. The summed E-state index contributed by atoms with van der Waals surface area (Å²) in [7, 11) is 1.72. The number of ether oxygens (including phenoxy) is 3. The molecule has 2 aromatic rings. The molecular weight excluding hydrogens is 408 g/mol. The maximum absolute atomic E-state index is 9.76. The Hall–Kier alpha value is -2.74. The first-order valence-corrected chi connectivity index (χ1v) is 11.2. The molecule has 0 saturated carbocycles. The summed E-state index contributed by atoms with van der Waals surface area (Å²) >= 11 is 0. The minimum Gasteiger partial charge on any atom is -0.495 e. The van der Waals surface area contributed by atoms with Crippen LogP contribution in [0.25, 0.3) is 5.57 Å². The molecule has 0 spiro atoms. The smallest absolute Gasteiger partial charge is 0.217 e. The highest BCUT2D eigenvalue weighted by molar-refractivity contribution is 5.73. The van der Waals surface area contributed by atoms with E-state index in [1.807, 2.05) is 24.3 Å². The summed E-state index contributed by atoms with van der Waals surface area (Å²) in [5, 5.41) is 19.2. The minimum absolute atomic E-state index is 0.138. The second-order valence-electron chi connectivity index (χ2n) is 8.07. The Kier molecular flexibility index (Phi) is 7.52. The maximum Gasteiger partial charge on any atom is 0.217 e. The van der Waals surface area contributed by atoms with Crippen molar-refractivity contribution in [2.75, 3.05) is 57.9 Å². The minimum atomic E-state index is -1.04. The highest BCUT2D eigenvalue weighted by atomic mass is 16.6. The van der Waals surface area contributed by atoms with Gasteiger partial charge in [0.2, 0.25) is 6.29 Å².